The summed E-state index contributed by atoms with van der Waals surface area (Å²) in [6, 6.07) is 17.9. The molecule has 3 fully saturated rings. The Balaban J connectivity index is 1.11. The molecule has 2 aromatic rings. The summed E-state index contributed by atoms with van der Waals surface area (Å²) in [4.78, 5) is 7.44. The van der Waals surface area contributed by atoms with E-state index < -0.39 is 0 Å². The molecule has 4 aliphatic heterocycles. The first-order chi connectivity index (χ1) is 15.6. The number of fused-ring (bicyclic) bond motifs is 4. The maximum absolute atomic E-state index is 5.57. The first-order valence-corrected chi connectivity index (χ1v) is 12.4. The number of piperidine rings is 3. The molecule has 3 saturated heterocycles. The number of nitrogens with zero attached hydrogens (tertiary/aromatic N) is 3. The quantitative estimate of drug-likeness (QED) is 0.653. The minimum absolute atomic E-state index is 0.590. The molecule has 2 N–H and O–H groups in total. The standard InChI is InChI=1S/C26H35N5S/c1-29(2)23-9-7-22(8-10-23)28-26(32)27-16-24-15-20-12-13-30(24)17-21(20)18-31-14-11-19-5-3-4-6-25(19)31/h3-10,20-21,24H,11-18H2,1-2H3,(H2,27,28,32)/t20-,21+,24+/m0/s1. The fourth-order valence-electron chi connectivity index (χ4n) is 5.78. The van der Waals surface area contributed by atoms with Crippen LogP contribution >= 0.6 is 12.2 Å². The Hall–Kier alpha value is -2.31. The number of rotatable bonds is 6. The molecular weight excluding hydrogens is 414 g/mol. The van der Waals surface area contributed by atoms with Crippen molar-refractivity contribution >= 4 is 34.4 Å². The smallest absolute Gasteiger partial charge is 0.170 e. The molecule has 0 aliphatic carbocycles. The lowest BCUT2D eigenvalue weighted by Crippen LogP contribution is -2.58. The SMILES string of the molecule is CN(C)c1ccc(NC(=S)NC[C@H]2C[C@@H]3CCN2C[C@@H]3CN2CCc3ccccc32)cc1. The maximum atomic E-state index is 5.57. The summed E-state index contributed by atoms with van der Waals surface area (Å²) < 4.78 is 0. The summed E-state index contributed by atoms with van der Waals surface area (Å²) >= 11 is 5.57. The topological polar surface area (TPSA) is 33.8 Å². The highest BCUT2D eigenvalue weighted by Gasteiger charge is 2.40. The molecule has 0 amide bonds. The van der Waals surface area contributed by atoms with Gasteiger partial charge in [0.05, 0.1) is 0 Å². The second-order valence-electron chi connectivity index (χ2n) is 9.79. The third-order valence-electron chi connectivity index (χ3n) is 7.59. The van der Waals surface area contributed by atoms with Crippen molar-refractivity contribution in [2.24, 2.45) is 11.8 Å². The molecule has 32 heavy (non-hydrogen) atoms. The fourth-order valence-corrected chi connectivity index (χ4v) is 5.98. The predicted molar refractivity (Wildman–Crippen MR) is 139 cm³/mol. The second kappa shape index (κ2) is 9.28. The van der Waals surface area contributed by atoms with Crippen molar-refractivity contribution in [1.82, 2.24) is 10.2 Å². The number of anilines is 3. The van der Waals surface area contributed by atoms with Crippen molar-refractivity contribution in [3.63, 3.8) is 0 Å². The minimum Gasteiger partial charge on any atom is -0.378 e. The zero-order chi connectivity index (χ0) is 22.1. The third-order valence-corrected chi connectivity index (χ3v) is 7.84. The molecular formula is C26H35N5S. The minimum atomic E-state index is 0.590. The average molecular weight is 450 g/mol. The van der Waals surface area contributed by atoms with Crippen molar-refractivity contribution in [1.29, 1.82) is 0 Å². The Labute approximate surface area is 197 Å². The van der Waals surface area contributed by atoms with Gasteiger partial charge in [0.25, 0.3) is 0 Å². The summed E-state index contributed by atoms with van der Waals surface area (Å²) in [6.07, 6.45) is 3.83. The van der Waals surface area contributed by atoms with E-state index in [1.165, 1.54) is 62.4 Å². The predicted octanol–water partition coefficient (Wildman–Crippen LogP) is 3.81. The lowest BCUT2D eigenvalue weighted by Gasteiger charge is -2.51. The van der Waals surface area contributed by atoms with E-state index in [1.807, 2.05) is 0 Å². The molecule has 5 nitrogen and oxygen atoms in total. The van der Waals surface area contributed by atoms with Gasteiger partial charge in [-0.3, -0.25) is 4.90 Å². The van der Waals surface area contributed by atoms with Crippen LogP contribution in [0.1, 0.15) is 18.4 Å². The molecule has 2 aromatic carbocycles. The number of nitrogens with one attached hydrogen (secondary N) is 2. The van der Waals surface area contributed by atoms with E-state index in [-0.39, 0.29) is 0 Å². The van der Waals surface area contributed by atoms with Crippen LogP contribution in [-0.2, 0) is 6.42 Å². The van der Waals surface area contributed by atoms with Gasteiger partial charge in [0, 0.05) is 63.4 Å². The van der Waals surface area contributed by atoms with Gasteiger partial charge in [0.1, 0.15) is 0 Å². The van der Waals surface area contributed by atoms with E-state index >= 15 is 0 Å². The first kappa shape index (κ1) is 21.5. The molecule has 170 valence electrons. The Morgan fingerprint density at radius 1 is 1.09 bits per heavy atom. The summed E-state index contributed by atoms with van der Waals surface area (Å²) in [7, 11) is 4.10. The molecule has 2 bridgehead atoms. The molecule has 4 aliphatic rings. The zero-order valence-corrected chi connectivity index (χ0v) is 20.1. The Kier molecular flexibility index (Phi) is 6.24. The van der Waals surface area contributed by atoms with Crippen LogP contribution in [0.3, 0.4) is 0 Å². The van der Waals surface area contributed by atoms with Crippen LogP contribution in [0.2, 0.25) is 0 Å². The normalized spacial score (nSPS) is 26.0. The van der Waals surface area contributed by atoms with Crippen LogP contribution in [0.5, 0.6) is 0 Å². The first-order valence-electron chi connectivity index (χ1n) is 12.0. The molecule has 0 radical (unpaired) electrons. The van der Waals surface area contributed by atoms with Crippen molar-refractivity contribution in [2.75, 3.05) is 61.9 Å². The number of hydrogen-bond acceptors (Lipinski definition) is 4. The van der Waals surface area contributed by atoms with Crippen molar-refractivity contribution in [3.05, 3.63) is 54.1 Å². The highest BCUT2D eigenvalue weighted by molar-refractivity contribution is 7.80. The van der Waals surface area contributed by atoms with Crippen LogP contribution in [0, 0.1) is 11.8 Å². The van der Waals surface area contributed by atoms with Crippen LogP contribution in [-0.4, -0.2) is 62.9 Å². The van der Waals surface area contributed by atoms with Gasteiger partial charge in [-0.2, -0.15) is 0 Å². The van der Waals surface area contributed by atoms with Crippen LogP contribution in [0.25, 0.3) is 0 Å². The van der Waals surface area contributed by atoms with Crippen molar-refractivity contribution in [2.45, 2.75) is 25.3 Å². The zero-order valence-electron chi connectivity index (χ0n) is 19.3. The Morgan fingerprint density at radius 3 is 2.66 bits per heavy atom. The van der Waals surface area contributed by atoms with Crippen molar-refractivity contribution in [3.8, 4) is 0 Å². The third kappa shape index (κ3) is 4.57. The van der Waals surface area contributed by atoms with Gasteiger partial charge >= 0.3 is 0 Å². The van der Waals surface area contributed by atoms with Gasteiger partial charge in [0.15, 0.2) is 5.11 Å². The van der Waals surface area contributed by atoms with Crippen LogP contribution in [0.15, 0.2) is 48.5 Å². The molecule has 6 heteroatoms. The van der Waals surface area contributed by atoms with Gasteiger partial charge in [-0.05, 0) is 85.8 Å². The van der Waals surface area contributed by atoms with E-state index in [1.54, 1.807) is 0 Å². The van der Waals surface area contributed by atoms with Gasteiger partial charge in [-0.25, -0.2) is 0 Å². The molecule has 4 heterocycles. The largest absolute Gasteiger partial charge is 0.378 e. The summed E-state index contributed by atoms with van der Waals surface area (Å²) in [6.45, 7) is 5.78. The molecule has 4 atom stereocenters. The van der Waals surface area contributed by atoms with Gasteiger partial charge in [-0.15, -0.1) is 0 Å². The number of hydrogen-bond donors (Lipinski definition) is 2. The van der Waals surface area contributed by atoms with Crippen molar-refractivity contribution < 1.29 is 0 Å². The van der Waals surface area contributed by atoms with Gasteiger partial charge in [0.2, 0.25) is 0 Å². The number of benzene rings is 2. The molecule has 0 saturated carbocycles. The lowest BCUT2D eigenvalue weighted by molar-refractivity contribution is 0.00645. The van der Waals surface area contributed by atoms with E-state index in [0.29, 0.717) is 6.04 Å². The van der Waals surface area contributed by atoms with E-state index in [4.69, 9.17) is 12.2 Å². The molecule has 1 unspecified atom stereocenters. The summed E-state index contributed by atoms with van der Waals surface area (Å²) in [5, 5.41) is 7.53. The maximum Gasteiger partial charge on any atom is 0.170 e. The highest BCUT2D eigenvalue weighted by Crippen LogP contribution is 2.38. The van der Waals surface area contributed by atoms with E-state index in [2.05, 4.69) is 88.0 Å². The summed E-state index contributed by atoms with van der Waals surface area (Å²) in [5.41, 5.74) is 5.21. The number of para-hydroxylation sites is 1. The molecule has 0 spiro atoms. The summed E-state index contributed by atoms with van der Waals surface area (Å²) in [5.74, 6) is 1.62. The Morgan fingerprint density at radius 2 is 1.91 bits per heavy atom. The molecule has 6 rings (SSSR count). The monoisotopic (exact) mass is 449 g/mol. The van der Waals surface area contributed by atoms with Gasteiger partial charge in [-0.1, -0.05) is 18.2 Å². The van der Waals surface area contributed by atoms with Crippen LogP contribution < -0.4 is 20.4 Å². The van der Waals surface area contributed by atoms with Gasteiger partial charge < -0.3 is 20.4 Å². The fraction of sp³-hybridized carbons (Fsp3) is 0.500. The highest BCUT2D eigenvalue weighted by atomic mass is 32.1. The van der Waals surface area contributed by atoms with Crippen LogP contribution in [0.4, 0.5) is 17.1 Å². The second-order valence-corrected chi connectivity index (χ2v) is 10.2. The lowest BCUT2D eigenvalue weighted by atomic mass is 9.75. The van der Waals surface area contributed by atoms with E-state index in [9.17, 15) is 0 Å². The average Bonchev–Trinajstić information content (AvgIpc) is 3.21. The molecule has 0 aromatic heterocycles. The Bertz CT molecular complexity index is 943. The van der Waals surface area contributed by atoms with E-state index in [0.717, 1.165) is 29.2 Å². The number of thiocarbonyl (C=S) groups is 1.